The van der Waals surface area contributed by atoms with E-state index in [0.717, 1.165) is 6.42 Å². The van der Waals surface area contributed by atoms with Gasteiger partial charge in [-0.1, -0.05) is 23.7 Å². The maximum Gasteiger partial charge on any atom is 0.291 e. The van der Waals surface area contributed by atoms with Crippen LogP contribution in [0, 0.1) is 0 Å². The van der Waals surface area contributed by atoms with Crippen molar-refractivity contribution < 1.29 is 14.3 Å². The summed E-state index contributed by atoms with van der Waals surface area (Å²) in [5, 5.41) is 2.95. The van der Waals surface area contributed by atoms with Gasteiger partial charge >= 0.3 is 0 Å². The number of carbonyl (C=O) groups is 1. The van der Waals surface area contributed by atoms with Gasteiger partial charge in [-0.3, -0.25) is 10.1 Å². The van der Waals surface area contributed by atoms with Crippen LogP contribution in [-0.2, 0) is 9.47 Å². The molecule has 0 aromatic heterocycles. The average molecular weight is 285 g/mol. The Bertz CT molecular complexity index is 449. The van der Waals surface area contributed by atoms with E-state index in [0.29, 0.717) is 23.7 Å². The summed E-state index contributed by atoms with van der Waals surface area (Å²) in [7, 11) is 3.07. The Morgan fingerprint density at radius 2 is 2.11 bits per heavy atom. The molecule has 6 heteroatoms. The van der Waals surface area contributed by atoms with E-state index in [4.69, 9.17) is 21.1 Å². The van der Waals surface area contributed by atoms with Gasteiger partial charge in [0.15, 0.2) is 0 Å². The molecule has 0 aliphatic rings. The first-order valence-electron chi connectivity index (χ1n) is 5.82. The van der Waals surface area contributed by atoms with Gasteiger partial charge in [0.25, 0.3) is 11.9 Å². The summed E-state index contributed by atoms with van der Waals surface area (Å²) in [5.74, 6) is -0.349. The van der Waals surface area contributed by atoms with E-state index in [1.165, 1.54) is 7.11 Å². The molecule has 0 unspecified atom stereocenters. The van der Waals surface area contributed by atoms with Gasteiger partial charge in [0.2, 0.25) is 0 Å². The van der Waals surface area contributed by atoms with Crippen LogP contribution in [0.5, 0.6) is 0 Å². The molecule has 0 saturated heterocycles. The molecule has 0 spiro atoms. The van der Waals surface area contributed by atoms with Gasteiger partial charge in [0.1, 0.15) is 0 Å². The fraction of sp³-hybridized carbons (Fsp3) is 0.385. The lowest BCUT2D eigenvalue weighted by Gasteiger charge is -2.08. The van der Waals surface area contributed by atoms with Crippen molar-refractivity contribution >= 4 is 23.5 Å². The highest BCUT2D eigenvalue weighted by Gasteiger charge is 2.11. The van der Waals surface area contributed by atoms with Crippen LogP contribution in [0.4, 0.5) is 0 Å². The Hall–Kier alpha value is -1.59. The molecule has 1 N–H and O–H groups in total. The van der Waals surface area contributed by atoms with E-state index < -0.39 is 0 Å². The lowest BCUT2D eigenvalue weighted by Crippen LogP contribution is -2.32. The zero-order chi connectivity index (χ0) is 14.1. The molecule has 104 valence electrons. The minimum Gasteiger partial charge on any atom is -0.468 e. The Labute approximate surface area is 117 Å². The van der Waals surface area contributed by atoms with Crippen LogP contribution in [0.1, 0.15) is 16.8 Å². The van der Waals surface area contributed by atoms with Crippen LogP contribution in [0.2, 0.25) is 5.02 Å². The summed E-state index contributed by atoms with van der Waals surface area (Å²) in [5.41, 5.74) is 0.380. The summed E-state index contributed by atoms with van der Waals surface area (Å²) in [6.07, 6.45) is 0.755. The third-order valence-corrected chi connectivity index (χ3v) is 2.62. The van der Waals surface area contributed by atoms with Crippen molar-refractivity contribution in [3.8, 4) is 0 Å². The van der Waals surface area contributed by atoms with Crippen LogP contribution < -0.4 is 5.32 Å². The largest absolute Gasteiger partial charge is 0.468 e. The molecule has 0 aliphatic heterocycles. The molecule has 0 atom stereocenters. The molecule has 0 aliphatic carbocycles. The molecule has 1 amide bonds. The second kappa shape index (κ2) is 8.50. The lowest BCUT2D eigenvalue weighted by atomic mass is 10.2. The number of methoxy groups -OCH3 is 2. The summed E-state index contributed by atoms with van der Waals surface area (Å²) in [6, 6.07) is 6.95. The zero-order valence-electron chi connectivity index (χ0n) is 11.0. The third kappa shape index (κ3) is 5.28. The number of amides is 1. The van der Waals surface area contributed by atoms with E-state index in [1.807, 2.05) is 0 Å². The molecule has 1 rings (SSSR count). The van der Waals surface area contributed by atoms with Crippen molar-refractivity contribution in [1.29, 1.82) is 0 Å². The quantitative estimate of drug-likeness (QED) is 0.512. The Balaban J connectivity index is 2.61. The van der Waals surface area contributed by atoms with Crippen LogP contribution in [0.15, 0.2) is 29.3 Å². The van der Waals surface area contributed by atoms with Gasteiger partial charge in [-0.05, 0) is 18.6 Å². The third-order valence-electron chi connectivity index (χ3n) is 2.29. The van der Waals surface area contributed by atoms with Crippen LogP contribution in [0.25, 0.3) is 0 Å². The average Bonchev–Trinajstić information content (AvgIpc) is 2.42. The number of nitrogens with one attached hydrogen (secondary N) is 1. The van der Waals surface area contributed by atoms with Gasteiger partial charge in [0, 0.05) is 20.3 Å². The van der Waals surface area contributed by atoms with Crippen LogP contribution in [-0.4, -0.2) is 39.3 Å². The first-order chi connectivity index (χ1) is 9.19. The van der Waals surface area contributed by atoms with Crippen LogP contribution in [0.3, 0.4) is 0 Å². The summed E-state index contributed by atoms with van der Waals surface area (Å²) in [6.45, 7) is 1.12. The van der Waals surface area contributed by atoms with Gasteiger partial charge in [-0.25, -0.2) is 4.99 Å². The normalized spacial score (nSPS) is 11.2. The first-order valence-corrected chi connectivity index (χ1v) is 6.20. The highest BCUT2D eigenvalue weighted by Crippen LogP contribution is 2.14. The number of ether oxygens (including phenoxy) is 2. The van der Waals surface area contributed by atoms with Crippen molar-refractivity contribution in [2.75, 3.05) is 27.4 Å². The standard InChI is InChI=1S/C13H17ClN2O3/c1-18-9-5-8-15-13(19-2)16-12(17)10-6-3-4-7-11(10)14/h3-4,6-7H,5,8-9H2,1-2H3,(H,15,16,17). The Morgan fingerprint density at radius 1 is 1.37 bits per heavy atom. The van der Waals surface area contributed by atoms with Gasteiger partial charge < -0.3 is 9.47 Å². The predicted molar refractivity (Wildman–Crippen MR) is 74.7 cm³/mol. The topological polar surface area (TPSA) is 59.9 Å². The molecule has 0 bridgehead atoms. The van der Waals surface area contributed by atoms with E-state index in [2.05, 4.69) is 10.3 Å². The molecule has 0 saturated carbocycles. The fourth-order valence-corrected chi connectivity index (χ4v) is 1.58. The molecular weight excluding hydrogens is 268 g/mol. The predicted octanol–water partition coefficient (Wildman–Crippen LogP) is 2.11. The maximum absolute atomic E-state index is 11.9. The number of hydrogen-bond donors (Lipinski definition) is 1. The molecular formula is C13H17ClN2O3. The number of halogens is 1. The van der Waals surface area contributed by atoms with Crippen molar-refractivity contribution in [3.63, 3.8) is 0 Å². The molecule has 1 aromatic rings. The number of nitrogens with zero attached hydrogens (tertiary/aromatic N) is 1. The lowest BCUT2D eigenvalue weighted by molar-refractivity contribution is 0.0968. The number of rotatable bonds is 5. The first kappa shape index (κ1) is 15.5. The fourth-order valence-electron chi connectivity index (χ4n) is 1.35. The maximum atomic E-state index is 11.9. The minimum atomic E-state index is -0.349. The Kier molecular flexibility index (Phi) is 6.92. The van der Waals surface area contributed by atoms with E-state index in [-0.39, 0.29) is 11.9 Å². The number of amidine groups is 1. The minimum absolute atomic E-state index is 0.168. The van der Waals surface area contributed by atoms with Crippen molar-refractivity contribution in [3.05, 3.63) is 34.9 Å². The van der Waals surface area contributed by atoms with Crippen molar-refractivity contribution in [1.82, 2.24) is 5.32 Å². The number of aliphatic imine (C=N–C) groups is 1. The second-order valence-corrected chi connectivity index (χ2v) is 4.08. The SMILES string of the molecule is COCCCN=C(NC(=O)c1ccccc1Cl)OC. The molecule has 1 aromatic carbocycles. The van der Waals surface area contributed by atoms with E-state index in [1.54, 1.807) is 31.4 Å². The molecule has 5 nitrogen and oxygen atoms in total. The highest BCUT2D eigenvalue weighted by molar-refractivity contribution is 6.34. The molecule has 0 heterocycles. The van der Waals surface area contributed by atoms with Crippen LogP contribution >= 0.6 is 11.6 Å². The van der Waals surface area contributed by atoms with Gasteiger partial charge in [-0.2, -0.15) is 0 Å². The molecule has 19 heavy (non-hydrogen) atoms. The van der Waals surface area contributed by atoms with E-state index >= 15 is 0 Å². The zero-order valence-corrected chi connectivity index (χ0v) is 11.7. The number of carbonyl (C=O) groups excluding carboxylic acids is 1. The van der Waals surface area contributed by atoms with Gasteiger partial charge in [-0.15, -0.1) is 0 Å². The number of benzene rings is 1. The van der Waals surface area contributed by atoms with Gasteiger partial charge in [0.05, 0.1) is 17.7 Å². The molecule has 0 radical (unpaired) electrons. The summed E-state index contributed by atoms with van der Waals surface area (Å²) >= 11 is 5.93. The highest BCUT2D eigenvalue weighted by atomic mass is 35.5. The second-order valence-electron chi connectivity index (χ2n) is 3.67. The summed E-state index contributed by atoms with van der Waals surface area (Å²) < 4.78 is 9.91. The van der Waals surface area contributed by atoms with Crippen molar-refractivity contribution in [2.24, 2.45) is 4.99 Å². The van der Waals surface area contributed by atoms with E-state index in [9.17, 15) is 4.79 Å². The molecule has 0 fully saturated rings. The Morgan fingerprint density at radius 3 is 2.74 bits per heavy atom. The monoisotopic (exact) mass is 284 g/mol. The smallest absolute Gasteiger partial charge is 0.291 e. The number of hydrogen-bond acceptors (Lipinski definition) is 4. The van der Waals surface area contributed by atoms with Crippen molar-refractivity contribution in [2.45, 2.75) is 6.42 Å². The summed E-state index contributed by atoms with van der Waals surface area (Å²) in [4.78, 5) is 16.1.